The van der Waals surface area contributed by atoms with Gasteiger partial charge in [0.05, 0.1) is 25.8 Å². The number of urea groups is 1. The molecular weight excluding hydrogens is 520 g/mol. The molecule has 5 amide bonds. The zero-order valence-electron chi connectivity index (χ0n) is 20.9. The summed E-state index contributed by atoms with van der Waals surface area (Å²) in [7, 11) is 2.73. The summed E-state index contributed by atoms with van der Waals surface area (Å²) in [5.74, 6) is -3.47. The van der Waals surface area contributed by atoms with Gasteiger partial charge in [0, 0.05) is 11.6 Å². The van der Waals surface area contributed by atoms with Gasteiger partial charge in [0.2, 0.25) is 17.7 Å². The van der Waals surface area contributed by atoms with Crippen molar-refractivity contribution < 1.29 is 38.6 Å². The van der Waals surface area contributed by atoms with Gasteiger partial charge in [-0.3, -0.25) is 19.3 Å². The van der Waals surface area contributed by atoms with Gasteiger partial charge in [0.1, 0.15) is 23.9 Å². The number of hydrogen-bond donors (Lipinski definition) is 4. The molecule has 1 saturated heterocycles. The fourth-order valence-corrected chi connectivity index (χ4v) is 4.11. The number of amides is 5. The molecule has 2 aromatic rings. The van der Waals surface area contributed by atoms with E-state index in [0.29, 0.717) is 16.3 Å². The van der Waals surface area contributed by atoms with Crippen LogP contribution >= 0.6 is 11.6 Å². The fourth-order valence-electron chi connectivity index (χ4n) is 3.92. The molecule has 2 atom stereocenters. The molecule has 12 nitrogen and oxygen atoms in total. The van der Waals surface area contributed by atoms with Crippen LogP contribution in [0, 0.1) is 5.92 Å². The molecule has 4 N–H and O–H groups in total. The number of nitrogens with one attached hydrogen (secondary N) is 3. The highest BCUT2D eigenvalue weighted by Gasteiger charge is 2.35. The van der Waals surface area contributed by atoms with Crippen molar-refractivity contribution >= 4 is 47.0 Å². The van der Waals surface area contributed by atoms with Gasteiger partial charge in [-0.15, -0.1) is 0 Å². The van der Waals surface area contributed by atoms with Crippen LogP contribution in [0.5, 0.6) is 11.5 Å². The van der Waals surface area contributed by atoms with Crippen LogP contribution in [-0.4, -0.2) is 73.1 Å². The van der Waals surface area contributed by atoms with Crippen molar-refractivity contribution in [2.24, 2.45) is 5.92 Å². The highest BCUT2D eigenvalue weighted by molar-refractivity contribution is 6.30. The summed E-state index contributed by atoms with van der Waals surface area (Å²) < 4.78 is 10.5. The number of nitrogens with zero attached hydrogens (tertiary/aromatic N) is 1. The maximum absolute atomic E-state index is 13.3. The van der Waals surface area contributed by atoms with Gasteiger partial charge in [-0.2, -0.15) is 0 Å². The van der Waals surface area contributed by atoms with Gasteiger partial charge < -0.3 is 30.5 Å². The number of halogens is 1. The molecule has 0 spiro atoms. The van der Waals surface area contributed by atoms with E-state index in [-0.39, 0.29) is 30.0 Å². The Morgan fingerprint density at radius 3 is 2.58 bits per heavy atom. The first-order chi connectivity index (χ1) is 18.0. The number of para-hydroxylation sites is 1. The van der Waals surface area contributed by atoms with E-state index in [1.807, 2.05) is 0 Å². The van der Waals surface area contributed by atoms with E-state index in [9.17, 15) is 29.1 Å². The number of carboxylic acids is 1. The summed E-state index contributed by atoms with van der Waals surface area (Å²) in [6.45, 7) is 0.834. The Hall–Kier alpha value is -4.32. The number of anilines is 1. The molecule has 38 heavy (non-hydrogen) atoms. The Kier molecular flexibility index (Phi) is 9.13. The first kappa shape index (κ1) is 28.3. The van der Waals surface area contributed by atoms with Crippen molar-refractivity contribution in [2.45, 2.75) is 19.4 Å². The second-order valence-corrected chi connectivity index (χ2v) is 8.87. The lowest BCUT2D eigenvalue weighted by Crippen LogP contribution is -2.52. The minimum Gasteiger partial charge on any atom is -0.496 e. The third kappa shape index (κ3) is 6.51. The predicted molar refractivity (Wildman–Crippen MR) is 136 cm³/mol. The molecule has 0 bridgehead atoms. The second-order valence-electron chi connectivity index (χ2n) is 8.44. The van der Waals surface area contributed by atoms with Gasteiger partial charge in [0.25, 0.3) is 0 Å². The van der Waals surface area contributed by atoms with E-state index in [1.165, 1.54) is 39.3 Å². The molecule has 3 rings (SSSR count). The number of ether oxygens (including phenoxy) is 2. The number of rotatable bonds is 8. The summed E-state index contributed by atoms with van der Waals surface area (Å²) in [4.78, 5) is 63.5. The summed E-state index contributed by atoms with van der Waals surface area (Å²) in [5.41, 5.74) is 0.546. The van der Waals surface area contributed by atoms with Crippen LogP contribution in [0.15, 0.2) is 36.4 Å². The number of aromatic carboxylic acids is 1. The Balaban J connectivity index is 1.74. The van der Waals surface area contributed by atoms with E-state index in [4.69, 9.17) is 21.1 Å². The minimum absolute atomic E-state index is 0.00708. The first-order valence-corrected chi connectivity index (χ1v) is 11.9. The van der Waals surface area contributed by atoms with Crippen molar-refractivity contribution in [3.63, 3.8) is 0 Å². The Morgan fingerprint density at radius 1 is 1.18 bits per heavy atom. The van der Waals surface area contributed by atoms with Gasteiger partial charge in [-0.25, -0.2) is 9.59 Å². The Labute approximate surface area is 223 Å². The molecule has 1 heterocycles. The number of imide groups is 1. The number of methoxy groups -OCH3 is 2. The van der Waals surface area contributed by atoms with Crippen LogP contribution in [0.1, 0.15) is 22.8 Å². The van der Waals surface area contributed by atoms with Crippen molar-refractivity contribution in [3.8, 4) is 11.5 Å². The number of carbonyl (C=O) groups is 5. The first-order valence-electron chi connectivity index (χ1n) is 11.5. The average molecular weight is 547 g/mol. The summed E-state index contributed by atoms with van der Waals surface area (Å²) in [6.07, 6.45) is 0.141. The topological polar surface area (TPSA) is 163 Å². The standard InChI is InChI=1S/C25H27ClN4O8/c1-13(22(32)29-18-6-4-5-17(24(34)35)21(18)38-3)28-25(36)30-12-20(31)27-11-15(23(30)33)9-14-10-16(26)7-8-19(14)37-2/h4-8,10,13,15H,9,11-12H2,1-3H3,(H,27,31)(H,28,36)(H,29,32)(H,34,35). The van der Waals surface area contributed by atoms with Crippen LogP contribution < -0.4 is 25.4 Å². The maximum Gasteiger partial charge on any atom is 0.339 e. The molecule has 2 unspecified atom stereocenters. The molecule has 1 aliphatic rings. The van der Waals surface area contributed by atoms with Crippen molar-refractivity contribution in [3.05, 3.63) is 52.5 Å². The minimum atomic E-state index is -1.25. The second kappa shape index (κ2) is 12.3. The third-order valence-corrected chi connectivity index (χ3v) is 6.09. The highest BCUT2D eigenvalue weighted by Crippen LogP contribution is 2.29. The predicted octanol–water partition coefficient (Wildman–Crippen LogP) is 1.91. The molecule has 13 heteroatoms. The molecule has 0 radical (unpaired) electrons. The normalized spacial score (nSPS) is 16.1. The highest BCUT2D eigenvalue weighted by atomic mass is 35.5. The summed E-state index contributed by atoms with van der Waals surface area (Å²) in [6, 6.07) is 7.01. The van der Waals surface area contributed by atoms with Crippen LogP contribution in [0.3, 0.4) is 0 Å². The van der Waals surface area contributed by atoms with Crippen molar-refractivity contribution in [1.29, 1.82) is 0 Å². The molecule has 0 aromatic heterocycles. The molecule has 0 saturated carbocycles. The molecule has 1 fully saturated rings. The molecular formula is C25H27ClN4O8. The SMILES string of the molecule is COc1ccc(Cl)cc1CC1CNC(=O)CN(C(=O)NC(C)C(=O)Nc2cccc(C(=O)O)c2OC)C1=O. The van der Waals surface area contributed by atoms with Gasteiger partial charge in [-0.05, 0) is 49.2 Å². The molecule has 2 aromatic carbocycles. The van der Waals surface area contributed by atoms with E-state index in [2.05, 4.69) is 16.0 Å². The number of hydrogen-bond acceptors (Lipinski definition) is 7. The third-order valence-electron chi connectivity index (χ3n) is 5.86. The Morgan fingerprint density at radius 2 is 1.92 bits per heavy atom. The monoisotopic (exact) mass is 546 g/mol. The van der Waals surface area contributed by atoms with E-state index in [1.54, 1.807) is 18.2 Å². The van der Waals surface area contributed by atoms with E-state index < -0.39 is 48.2 Å². The largest absolute Gasteiger partial charge is 0.496 e. The molecule has 202 valence electrons. The lowest BCUT2D eigenvalue weighted by atomic mass is 9.97. The zero-order valence-corrected chi connectivity index (χ0v) is 21.6. The average Bonchev–Trinajstić information content (AvgIpc) is 3.02. The summed E-state index contributed by atoms with van der Waals surface area (Å²) in [5, 5.41) is 17.3. The van der Waals surface area contributed by atoms with Crippen molar-refractivity contribution in [1.82, 2.24) is 15.5 Å². The van der Waals surface area contributed by atoms with Gasteiger partial charge in [0.15, 0.2) is 5.75 Å². The lowest BCUT2D eigenvalue weighted by molar-refractivity contribution is -0.133. The quantitative estimate of drug-likeness (QED) is 0.390. The Bertz CT molecular complexity index is 1270. The number of carbonyl (C=O) groups excluding carboxylic acids is 4. The van der Waals surface area contributed by atoms with Crippen LogP contribution in [0.4, 0.5) is 10.5 Å². The van der Waals surface area contributed by atoms with Crippen LogP contribution in [0.2, 0.25) is 5.02 Å². The van der Waals surface area contributed by atoms with Crippen molar-refractivity contribution in [2.75, 3.05) is 32.6 Å². The maximum atomic E-state index is 13.3. The van der Waals surface area contributed by atoms with E-state index >= 15 is 0 Å². The summed E-state index contributed by atoms with van der Waals surface area (Å²) >= 11 is 6.09. The smallest absolute Gasteiger partial charge is 0.339 e. The zero-order chi connectivity index (χ0) is 28.0. The molecule has 1 aliphatic heterocycles. The number of benzene rings is 2. The lowest BCUT2D eigenvalue weighted by Gasteiger charge is -2.24. The molecule has 0 aliphatic carbocycles. The van der Waals surface area contributed by atoms with Crippen LogP contribution in [-0.2, 0) is 20.8 Å². The fraction of sp³-hybridized carbons (Fsp3) is 0.320. The van der Waals surface area contributed by atoms with Crippen LogP contribution in [0.25, 0.3) is 0 Å². The van der Waals surface area contributed by atoms with Gasteiger partial charge >= 0.3 is 12.0 Å². The number of carboxylic acid groups (broad SMARTS) is 1. The van der Waals surface area contributed by atoms with E-state index in [0.717, 1.165) is 4.90 Å². The van der Waals surface area contributed by atoms with Gasteiger partial charge in [-0.1, -0.05) is 17.7 Å².